The minimum atomic E-state index is -1.02. The summed E-state index contributed by atoms with van der Waals surface area (Å²) < 4.78 is 30.3. The molecule has 0 spiro atoms. The number of ether oxygens (including phenoxy) is 4. The fourth-order valence-electron chi connectivity index (χ4n) is 6.80. The van der Waals surface area contributed by atoms with Gasteiger partial charge >= 0.3 is 0 Å². The van der Waals surface area contributed by atoms with E-state index in [1.165, 1.54) is 14.2 Å². The Hall–Kier alpha value is -3.94. The van der Waals surface area contributed by atoms with Crippen molar-refractivity contribution < 1.29 is 38.7 Å². The first-order valence-electron chi connectivity index (χ1n) is 14.0. The molecule has 0 bridgehead atoms. The quantitative estimate of drug-likeness (QED) is 0.277. The Bertz CT molecular complexity index is 2080. The summed E-state index contributed by atoms with van der Waals surface area (Å²) in [6.45, 7) is 4.94. The van der Waals surface area contributed by atoms with E-state index in [9.17, 15) is 24.9 Å². The maximum absolute atomic E-state index is 14.2. The maximum Gasteiger partial charge on any atom is 0.282 e. The highest BCUT2D eigenvalue weighted by Crippen LogP contribution is 2.57. The van der Waals surface area contributed by atoms with Crippen LogP contribution in [0.1, 0.15) is 66.7 Å². The second kappa shape index (κ2) is 10.0. The molecule has 0 radical (unpaired) electrons. The zero-order valence-electron chi connectivity index (χ0n) is 24.5. The minimum absolute atomic E-state index is 0.0539. The highest BCUT2D eigenvalue weighted by Gasteiger charge is 2.44. The number of phenols is 2. The fourth-order valence-corrected chi connectivity index (χ4v) is 7.03. The van der Waals surface area contributed by atoms with E-state index in [1.54, 1.807) is 26.8 Å². The fraction of sp³-hybridized carbons (Fsp3) is 0.387. The number of rotatable bonds is 3. The van der Waals surface area contributed by atoms with Crippen LogP contribution in [0.5, 0.6) is 17.2 Å². The van der Waals surface area contributed by atoms with Crippen molar-refractivity contribution in [2.24, 2.45) is 5.10 Å². The largest absolute Gasteiger partial charge is 0.506 e. The van der Waals surface area contributed by atoms with Crippen molar-refractivity contribution in [3.63, 3.8) is 0 Å². The van der Waals surface area contributed by atoms with Gasteiger partial charge in [0.2, 0.25) is 5.43 Å². The van der Waals surface area contributed by atoms with Crippen LogP contribution >= 0.6 is 11.6 Å². The molecule has 230 valence electrons. The van der Waals surface area contributed by atoms with E-state index in [1.807, 2.05) is 0 Å². The summed E-state index contributed by atoms with van der Waals surface area (Å²) in [6, 6.07) is 1.69. The first kappa shape index (κ1) is 28.8. The second-order valence-electron chi connectivity index (χ2n) is 11.4. The number of hydrogen-bond donors (Lipinski definition) is 3. The van der Waals surface area contributed by atoms with Gasteiger partial charge in [-0.05, 0) is 32.4 Å². The molecular formula is C31H29ClN2O10. The molecule has 4 aromatic rings. The maximum atomic E-state index is 14.2. The van der Waals surface area contributed by atoms with E-state index in [4.69, 9.17) is 35.0 Å². The van der Waals surface area contributed by atoms with Gasteiger partial charge in [0.15, 0.2) is 18.1 Å². The van der Waals surface area contributed by atoms with Crippen molar-refractivity contribution in [2.75, 3.05) is 21.0 Å². The zero-order chi connectivity index (χ0) is 31.4. The van der Waals surface area contributed by atoms with E-state index in [0.717, 1.165) is 4.68 Å². The Morgan fingerprint density at radius 3 is 2.50 bits per heavy atom. The number of aliphatic hydroxyl groups is 1. The van der Waals surface area contributed by atoms with Gasteiger partial charge in [0.25, 0.3) is 5.56 Å². The molecular weight excluding hydrogens is 596 g/mol. The lowest BCUT2D eigenvalue weighted by atomic mass is 9.79. The number of aromatic nitrogens is 1. The van der Waals surface area contributed by atoms with Gasteiger partial charge in [-0.15, -0.1) is 0 Å². The van der Waals surface area contributed by atoms with Crippen molar-refractivity contribution in [3.05, 3.63) is 59.8 Å². The van der Waals surface area contributed by atoms with Gasteiger partial charge < -0.3 is 38.7 Å². The Morgan fingerprint density at radius 2 is 1.82 bits per heavy atom. The number of hydrogen-bond acceptors (Lipinski definition) is 11. The topological polar surface area (TPSA) is 162 Å². The van der Waals surface area contributed by atoms with Crippen LogP contribution in [0.2, 0.25) is 5.02 Å². The number of halogens is 1. The molecule has 1 aliphatic heterocycles. The molecule has 2 aliphatic carbocycles. The normalized spacial score (nSPS) is 21.9. The summed E-state index contributed by atoms with van der Waals surface area (Å²) in [5.74, 6) is -0.702. The molecule has 0 amide bonds. The average molecular weight is 625 g/mol. The standard InChI is InChI=1S/C31H29ClN2O10/c1-10(2)33-34-11(3)23(32)13-6-12-7-16-19-21(17(12)24(36)18(13)31(34)39)26(38)22-25(37)20-15(40-4)8-14(35)27(41-5)29(20)44-30(22)28(19)43-9-42-16/h6,14-16,27,35-36,38H,7-9H2,1-5H3. The van der Waals surface area contributed by atoms with E-state index >= 15 is 0 Å². The smallest absolute Gasteiger partial charge is 0.282 e. The number of pyridine rings is 1. The molecule has 3 aliphatic rings. The number of aromatic hydroxyl groups is 2. The third-order valence-corrected chi connectivity index (χ3v) is 9.18. The van der Waals surface area contributed by atoms with Gasteiger partial charge in [0, 0.05) is 54.8 Å². The molecule has 0 saturated heterocycles. The van der Waals surface area contributed by atoms with Crippen LogP contribution in [-0.2, 0) is 20.6 Å². The molecule has 7 rings (SSSR count). The van der Waals surface area contributed by atoms with E-state index in [2.05, 4.69) is 5.10 Å². The lowest BCUT2D eigenvalue weighted by Crippen LogP contribution is -2.34. The van der Waals surface area contributed by atoms with Crippen LogP contribution in [0.15, 0.2) is 25.2 Å². The molecule has 3 N–H and O–H groups in total. The Labute approximate surface area is 254 Å². The van der Waals surface area contributed by atoms with Crippen LogP contribution in [0.3, 0.4) is 0 Å². The second-order valence-corrected chi connectivity index (χ2v) is 11.8. The van der Waals surface area contributed by atoms with Crippen molar-refractivity contribution >= 4 is 39.1 Å². The molecule has 4 unspecified atom stereocenters. The van der Waals surface area contributed by atoms with Crippen molar-refractivity contribution in [3.8, 4) is 28.4 Å². The van der Waals surface area contributed by atoms with Gasteiger partial charge in [-0.1, -0.05) is 11.6 Å². The van der Waals surface area contributed by atoms with Crippen LogP contribution in [-0.4, -0.2) is 52.8 Å². The first-order chi connectivity index (χ1) is 21.0. The van der Waals surface area contributed by atoms with Gasteiger partial charge in [0.1, 0.15) is 28.7 Å². The van der Waals surface area contributed by atoms with Gasteiger partial charge in [-0.3, -0.25) is 9.59 Å². The summed E-state index contributed by atoms with van der Waals surface area (Å²) in [5.41, 5.74) is 0.939. The Kier molecular flexibility index (Phi) is 6.58. The Morgan fingerprint density at radius 1 is 1.09 bits per heavy atom. The number of fused-ring (bicyclic) bond motifs is 6. The highest BCUT2D eigenvalue weighted by atomic mass is 35.5. The van der Waals surface area contributed by atoms with Crippen LogP contribution in [0.25, 0.3) is 32.9 Å². The predicted octanol–water partition coefficient (Wildman–Crippen LogP) is 4.50. The van der Waals surface area contributed by atoms with Crippen molar-refractivity contribution in [1.29, 1.82) is 0 Å². The molecule has 2 aromatic carbocycles. The number of methoxy groups -OCH3 is 2. The van der Waals surface area contributed by atoms with E-state index in [-0.39, 0.29) is 69.2 Å². The SMILES string of the molecule is COC1CC(O)C(OC)c2oc3c4c5c(c(O)c3c(=O)c21)-c1c(cc2c(Cl)c(C)n(N=C(C)C)c(=O)c2c1O)CC5OCO4. The molecule has 44 heavy (non-hydrogen) atoms. The average Bonchev–Trinajstić information content (AvgIpc) is 2.99. The Balaban J connectivity index is 1.63. The molecule has 4 atom stereocenters. The van der Waals surface area contributed by atoms with Gasteiger partial charge in [-0.2, -0.15) is 9.78 Å². The van der Waals surface area contributed by atoms with Gasteiger partial charge in [0.05, 0.1) is 40.0 Å². The first-order valence-corrected chi connectivity index (χ1v) is 14.4. The summed E-state index contributed by atoms with van der Waals surface area (Å²) in [4.78, 5) is 27.9. The molecule has 13 heteroatoms. The third kappa shape index (κ3) is 3.75. The summed E-state index contributed by atoms with van der Waals surface area (Å²) in [5, 5.41) is 39.0. The molecule has 12 nitrogen and oxygen atoms in total. The summed E-state index contributed by atoms with van der Waals surface area (Å²) in [7, 11) is 2.80. The monoisotopic (exact) mass is 624 g/mol. The van der Waals surface area contributed by atoms with Crippen LogP contribution in [0.4, 0.5) is 0 Å². The summed E-state index contributed by atoms with van der Waals surface area (Å²) >= 11 is 6.73. The van der Waals surface area contributed by atoms with Crippen LogP contribution in [0, 0.1) is 6.92 Å². The van der Waals surface area contributed by atoms with Crippen molar-refractivity contribution in [2.45, 2.75) is 58.0 Å². The minimum Gasteiger partial charge on any atom is -0.506 e. The van der Waals surface area contributed by atoms with Crippen LogP contribution < -0.4 is 15.7 Å². The number of nitrogens with zero attached hydrogens (tertiary/aromatic N) is 2. The predicted molar refractivity (Wildman–Crippen MR) is 160 cm³/mol. The number of aliphatic hydroxyl groups excluding tert-OH is 1. The molecule has 3 heterocycles. The third-order valence-electron chi connectivity index (χ3n) is 8.70. The lowest BCUT2D eigenvalue weighted by molar-refractivity contribution is -0.0709. The molecule has 0 saturated carbocycles. The van der Waals surface area contributed by atoms with Crippen molar-refractivity contribution in [1.82, 2.24) is 4.68 Å². The number of phenolic OH excluding ortho intramolecular Hbond substituents is 2. The highest BCUT2D eigenvalue weighted by molar-refractivity contribution is 6.36. The zero-order valence-corrected chi connectivity index (χ0v) is 25.2. The van der Waals surface area contributed by atoms with Gasteiger partial charge in [-0.25, -0.2) is 0 Å². The number of benzene rings is 2. The lowest BCUT2D eigenvalue weighted by Gasteiger charge is -2.36. The van der Waals surface area contributed by atoms with E-state index in [0.29, 0.717) is 27.9 Å². The van der Waals surface area contributed by atoms with E-state index < -0.39 is 46.9 Å². The summed E-state index contributed by atoms with van der Waals surface area (Å²) in [6.07, 6.45) is -3.18. The molecule has 0 fully saturated rings. The molecule has 2 aromatic heterocycles.